The van der Waals surface area contributed by atoms with E-state index >= 15 is 0 Å². The number of carbonyl (C=O) groups excluding carboxylic acids is 5. The Kier molecular flexibility index (Phi) is 8.79. The summed E-state index contributed by atoms with van der Waals surface area (Å²) in [6, 6.07) is -2.05. The van der Waals surface area contributed by atoms with Gasteiger partial charge in [-0.1, -0.05) is 0 Å². The van der Waals surface area contributed by atoms with Crippen molar-refractivity contribution in [1.29, 1.82) is 0 Å². The van der Waals surface area contributed by atoms with Crippen LogP contribution in [0.3, 0.4) is 0 Å². The van der Waals surface area contributed by atoms with Crippen molar-refractivity contribution in [3.8, 4) is 0 Å². The second-order valence-corrected chi connectivity index (χ2v) is 8.95. The summed E-state index contributed by atoms with van der Waals surface area (Å²) in [6.07, 6.45) is 5.80. The molecule has 1 N–H and O–H groups in total. The van der Waals surface area contributed by atoms with E-state index in [4.69, 9.17) is 4.74 Å². The van der Waals surface area contributed by atoms with Gasteiger partial charge in [-0.05, 0) is 25.7 Å². The lowest BCUT2D eigenvalue weighted by atomic mass is 9.95. The minimum atomic E-state index is -1.28. The van der Waals surface area contributed by atoms with Crippen molar-refractivity contribution in [1.82, 2.24) is 25.1 Å². The standard InChI is InChI=1S/C21H27N5O7S/c1-33-21(32)15-3-2-7-26(15)20(31)16-9-13(24-19(30)14-10-22-5-6-23-14)4-8-25(16)17(27)11-34-12-18(28)29/h5-6,10,13,15-16H,2-4,7-9,11-12H2,1H3,(H,24,30)(H,28,29)/p-1/t13-,15+,16-/m0/s1. The second kappa shape index (κ2) is 11.8. The zero-order valence-electron chi connectivity index (χ0n) is 18.7. The van der Waals surface area contributed by atoms with Crippen LogP contribution >= 0.6 is 11.8 Å². The molecule has 2 saturated heterocycles. The molecule has 0 aromatic carbocycles. The smallest absolute Gasteiger partial charge is 0.328 e. The highest BCUT2D eigenvalue weighted by Gasteiger charge is 2.43. The molecule has 13 heteroatoms. The van der Waals surface area contributed by atoms with Crippen LogP contribution in [-0.4, -0.2) is 99.3 Å². The van der Waals surface area contributed by atoms with Crippen LogP contribution in [-0.2, 0) is 23.9 Å². The number of aliphatic carboxylic acids is 1. The van der Waals surface area contributed by atoms with E-state index in [1.807, 2.05) is 0 Å². The molecular formula is C21H26N5O7S-. The summed E-state index contributed by atoms with van der Waals surface area (Å²) in [5, 5.41) is 13.5. The molecule has 0 bridgehead atoms. The number of nitrogens with one attached hydrogen (secondary N) is 1. The van der Waals surface area contributed by atoms with E-state index in [0.717, 1.165) is 11.8 Å². The van der Waals surface area contributed by atoms with Crippen molar-refractivity contribution in [3.63, 3.8) is 0 Å². The van der Waals surface area contributed by atoms with Gasteiger partial charge in [-0.15, -0.1) is 11.8 Å². The van der Waals surface area contributed by atoms with Gasteiger partial charge in [-0.3, -0.25) is 19.4 Å². The van der Waals surface area contributed by atoms with Gasteiger partial charge in [0.15, 0.2) is 0 Å². The zero-order chi connectivity index (χ0) is 24.7. The molecule has 3 rings (SSSR count). The van der Waals surface area contributed by atoms with Gasteiger partial charge in [0.1, 0.15) is 17.8 Å². The van der Waals surface area contributed by atoms with E-state index in [0.29, 0.717) is 25.8 Å². The van der Waals surface area contributed by atoms with Crippen LogP contribution < -0.4 is 10.4 Å². The number of esters is 1. The van der Waals surface area contributed by atoms with Crippen molar-refractivity contribution in [2.45, 2.75) is 43.8 Å². The summed E-state index contributed by atoms with van der Waals surface area (Å²) in [6.45, 7) is 0.538. The van der Waals surface area contributed by atoms with Crippen molar-refractivity contribution >= 4 is 41.4 Å². The molecule has 0 saturated carbocycles. The van der Waals surface area contributed by atoms with Crippen molar-refractivity contribution < 1.29 is 33.8 Å². The van der Waals surface area contributed by atoms with Crippen LogP contribution in [0, 0.1) is 0 Å². The quantitative estimate of drug-likeness (QED) is 0.410. The molecule has 184 valence electrons. The first-order valence-electron chi connectivity index (χ1n) is 10.8. The number of carboxylic acid groups (broad SMARTS) is 1. The van der Waals surface area contributed by atoms with Crippen LogP contribution in [0.2, 0.25) is 0 Å². The molecule has 12 nitrogen and oxygen atoms in total. The number of ether oxygens (including phenoxy) is 1. The normalized spacial score (nSPS) is 22.2. The van der Waals surface area contributed by atoms with Gasteiger partial charge in [0.25, 0.3) is 5.91 Å². The summed E-state index contributed by atoms with van der Waals surface area (Å²) in [5.74, 6) is -3.50. The minimum absolute atomic E-state index is 0.130. The number of carbonyl (C=O) groups is 5. The largest absolute Gasteiger partial charge is 0.549 e. The number of hydrogen-bond acceptors (Lipinski definition) is 10. The molecule has 0 unspecified atom stereocenters. The Hall–Kier alpha value is -3.22. The van der Waals surface area contributed by atoms with Gasteiger partial charge < -0.3 is 29.8 Å². The maximum atomic E-state index is 13.5. The average molecular weight is 493 g/mol. The Balaban J connectivity index is 1.75. The summed E-state index contributed by atoms with van der Waals surface area (Å²) in [4.78, 5) is 72.4. The van der Waals surface area contributed by atoms with Gasteiger partial charge in [0.2, 0.25) is 11.8 Å². The van der Waals surface area contributed by atoms with E-state index in [1.54, 1.807) is 0 Å². The Labute approximate surface area is 200 Å². The highest BCUT2D eigenvalue weighted by Crippen LogP contribution is 2.26. The van der Waals surface area contributed by atoms with Gasteiger partial charge in [-0.2, -0.15) is 0 Å². The summed E-state index contributed by atoms with van der Waals surface area (Å²) in [5.41, 5.74) is 0.132. The van der Waals surface area contributed by atoms with Crippen LogP contribution in [0.25, 0.3) is 0 Å². The SMILES string of the molecule is COC(=O)[C@H]1CCCN1C(=O)[C@@H]1C[C@@H](NC(=O)c2cnccn2)CCN1C(=O)CSCC(=O)[O-]. The average Bonchev–Trinajstić information content (AvgIpc) is 3.33. The van der Waals surface area contributed by atoms with Crippen molar-refractivity contribution in [3.05, 3.63) is 24.3 Å². The van der Waals surface area contributed by atoms with Crippen molar-refractivity contribution in [2.75, 3.05) is 31.7 Å². The maximum absolute atomic E-state index is 13.5. The minimum Gasteiger partial charge on any atom is -0.549 e. The first kappa shape index (κ1) is 25.4. The summed E-state index contributed by atoms with van der Waals surface area (Å²) in [7, 11) is 1.26. The fraction of sp³-hybridized carbons (Fsp3) is 0.571. The number of rotatable bonds is 8. The molecule has 3 atom stereocenters. The molecule has 3 amide bonds. The van der Waals surface area contributed by atoms with Crippen LogP contribution in [0.4, 0.5) is 0 Å². The fourth-order valence-electron chi connectivity index (χ4n) is 4.21. The third-order valence-corrected chi connectivity index (χ3v) is 6.68. The Morgan fingerprint density at radius 3 is 2.59 bits per heavy atom. The Morgan fingerprint density at radius 2 is 1.91 bits per heavy atom. The molecule has 2 fully saturated rings. The molecular weight excluding hydrogens is 466 g/mol. The molecule has 0 radical (unpaired) electrons. The number of nitrogens with zero attached hydrogens (tertiary/aromatic N) is 4. The van der Waals surface area contributed by atoms with Gasteiger partial charge >= 0.3 is 5.97 Å². The third kappa shape index (κ3) is 6.22. The Bertz CT molecular complexity index is 931. The molecule has 3 heterocycles. The highest BCUT2D eigenvalue weighted by molar-refractivity contribution is 8.00. The van der Waals surface area contributed by atoms with E-state index < -0.39 is 47.8 Å². The molecule has 1 aromatic rings. The maximum Gasteiger partial charge on any atom is 0.328 e. The number of methoxy groups -OCH3 is 1. The zero-order valence-corrected chi connectivity index (χ0v) is 19.5. The summed E-state index contributed by atoms with van der Waals surface area (Å²) < 4.78 is 4.83. The lowest BCUT2D eigenvalue weighted by Gasteiger charge is -2.41. The number of hydrogen-bond donors (Lipinski definition) is 1. The molecule has 0 aliphatic carbocycles. The predicted molar refractivity (Wildman–Crippen MR) is 117 cm³/mol. The van der Waals surface area contributed by atoms with Gasteiger partial charge in [-0.25, -0.2) is 9.78 Å². The number of likely N-dealkylation sites (tertiary alicyclic amines) is 2. The molecule has 0 spiro atoms. The molecule has 34 heavy (non-hydrogen) atoms. The third-order valence-electron chi connectivity index (χ3n) is 5.79. The number of thioether (sulfide) groups is 1. The van der Waals surface area contributed by atoms with E-state index in [9.17, 15) is 29.1 Å². The van der Waals surface area contributed by atoms with E-state index in [2.05, 4.69) is 15.3 Å². The van der Waals surface area contributed by atoms with E-state index in [1.165, 1.54) is 35.5 Å². The first-order chi connectivity index (χ1) is 16.3. The predicted octanol–water partition coefficient (Wildman–Crippen LogP) is -1.79. The Morgan fingerprint density at radius 1 is 1.12 bits per heavy atom. The highest BCUT2D eigenvalue weighted by atomic mass is 32.2. The number of aromatic nitrogens is 2. The first-order valence-corrected chi connectivity index (χ1v) is 12.0. The fourth-order valence-corrected chi connectivity index (χ4v) is 4.82. The molecule has 2 aliphatic rings. The van der Waals surface area contributed by atoms with Crippen LogP contribution in [0.15, 0.2) is 18.6 Å². The summed E-state index contributed by atoms with van der Waals surface area (Å²) >= 11 is 0.890. The molecule has 1 aromatic heterocycles. The van der Waals surface area contributed by atoms with E-state index in [-0.39, 0.29) is 30.2 Å². The number of carboxylic acids is 1. The van der Waals surface area contributed by atoms with Crippen molar-refractivity contribution in [2.24, 2.45) is 0 Å². The lowest BCUT2D eigenvalue weighted by Crippen LogP contribution is -2.59. The second-order valence-electron chi connectivity index (χ2n) is 7.97. The topological polar surface area (TPSA) is 162 Å². The number of piperidine rings is 1. The van der Waals surface area contributed by atoms with Crippen LogP contribution in [0.5, 0.6) is 0 Å². The monoisotopic (exact) mass is 492 g/mol. The van der Waals surface area contributed by atoms with Gasteiger partial charge in [0, 0.05) is 37.3 Å². The number of amides is 3. The van der Waals surface area contributed by atoms with Gasteiger partial charge in [0.05, 0.1) is 25.0 Å². The lowest BCUT2D eigenvalue weighted by molar-refractivity contribution is -0.301. The van der Waals surface area contributed by atoms with Crippen LogP contribution in [0.1, 0.15) is 36.2 Å². The molecule has 2 aliphatic heterocycles.